The number of hydrogen-bond acceptors (Lipinski definition) is 4. The van der Waals surface area contributed by atoms with Crippen LogP contribution in [0.4, 0.5) is 0 Å². The maximum atomic E-state index is 4.82. The summed E-state index contributed by atoms with van der Waals surface area (Å²) in [6, 6.07) is 1.81. The maximum absolute atomic E-state index is 4.82. The van der Waals surface area contributed by atoms with Gasteiger partial charge in [0.05, 0.1) is 0 Å². The molecular weight excluding hydrogens is 248 g/mol. The van der Waals surface area contributed by atoms with Crippen LogP contribution in [0.15, 0.2) is 6.20 Å². The minimum Gasteiger partial charge on any atom is -0.313 e. The molecule has 0 radical (unpaired) electrons. The fraction of sp³-hybridized carbons (Fsp3) is 0.750. The van der Waals surface area contributed by atoms with Gasteiger partial charge >= 0.3 is 0 Å². The predicted octanol–water partition coefficient (Wildman–Crippen LogP) is 2.41. The van der Waals surface area contributed by atoms with Gasteiger partial charge < -0.3 is 10.2 Å². The molecule has 0 aliphatic carbocycles. The highest BCUT2D eigenvalue weighted by atomic mass is 15.2. The van der Waals surface area contributed by atoms with Crippen molar-refractivity contribution in [1.29, 1.82) is 0 Å². The molecule has 0 amide bonds. The fourth-order valence-electron chi connectivity index (χ4n) is 3.89. The molecule has 2 bridgehead atoms. The number of fused-ring (bicyclic) bond motifs is 2. The van der Waals surface area contributed by atoms with E-state index in [1.165, 1.54) is 31.2 Å². The molecule has 0 spiro atoms. The van der Waals surface area contributed by atoms with Gasteiger partial charge in [0.25, 0.3) is 0 Å². The van der Waals surface area contributed by atoms with Gasteiger partial charge in [-0.1, -0.05) is 0 Å². The number of nitrogens with one attached hydrogen (secondary N) is 1. The highest BCUT2D eigenvalue weighted by Gasteiger charge is 2.39. The molecule has 3 unspecified atom stereocenters. The number of nitrogens with zero attached hydrogens (tertiary/aromatic N) is 3. The van der Waals surface area contributed by atoms with Gasteiger partial charge in [-0.2, -0.15) is 0 Å². The third kappa shape index (κ3) is 2.35. The van der Waals surface area contributed by atoms with Crippen molar-refractivity contribution in [3.63, 3.8) is 0 Å². The zero-order valence-corrected chi connectivity index (χ0v) is 13.1. The van der Waals surface area contributed by atoms with E-state index < -0.39 is 0 Å². The van der Waals surface area contributed by atoms with E-state index in [2.05, 4.69) is 36.1 Å². The van der Waals surface area contributed by atoms with Gasteiger partial charge in [0.2, 0.25) is 0 Å². The molecule has 0 aromatic carbocycles. The minimum atomic E-state index is 0.317. The lowest BCUT2D eigenvalue weighted by Crippen LogP contribution is -2.39. The average Bonchev–Trinajstić information content (AvgIpc) is 2.67. The first kappa shape index (κ1) is 14.0. The molecular formula is C16H26N4. The first-order valence-corrected chi connectivity index (χ1v) is 7.82. The van der Waals surface area contributed by atoms with Crippen LogP contribution in [0.3, 0.4) is 0 Å². The van der Waals surface area contributed by atoms with E-state index in [-0.39, 0.29) is 0 Å². The zero-order valence-electron chi connectivity index (χ0n) is 13.1. The van der Waals surface area contributed by atoms with Crippen LogP contribution in [0.25, 0.3) is 0 Å². The standard InChI is InChI=1S/C16H26N4/c1-10(17-3)15-9-18-16(19-11(15)2)12-7-13-5-6-14(8-12)20(13)4/h9-10,12-14,17H,5-8H2,1-4H3. The third-order valence-electron chi connectivity index (χ3n) is 5.40. The molecule has 2 fully saturated rings. The fourth-order valence-corrected chi connectivity index (χ4v) is 3.89. The highest BCUT2D eigenvalue weighted by Crippen LogP contribution is 2.41. The second-order valence-electron chi connectivity index (χ2n) is 6.50. The van der Waals surface area contributed by atoms with Crippen LogP contribution in [0.5, 0.6) is 0 Å². The van der Waals surface area contributed by atoms with Crippen molar-refractivity contribution >= 4 is 0 Å². The number of piperidine rings is 1. The first-order chi connectivity index (χ1) is 9.60. The van der Waals surface area contributed by atoms with Gasteiger partial charge in [-0.05, 0) is 53.6 Å². The lowest BCUT2D eigenvalue weighted by Gasteiger charge is -2.35. The van der Waals surface area contributed by atoms with Crippen molar-refractivity contribution in [3.05, 3.63) is 23.3 Å². The molecule has 1 aromatic heterocycles. The van der Waals surface area contributed by atoms with Crippen LogP contribution in [0.2, 0.25) is 0 Å². The van der Waals surface area contributed by atoms with Crippen LogP contribution in [0, 0.1) is 6.92 Å². The maximum Gasteiger partial charge on any atom is 0.131 e. The molecule has 2 aliphatic heterocycles. The molecule has 1 aromatic rings. The Morgan fingerprint density at radius 2 is 1.95 bits per heavy atom. The van der Waals surface area contributed by atoms with Gasteiger partial charge in [-0.25, -0.2) is 9.97 Å². The second-order valence-corrected chi connectivity index (χ2v) is 6.50. The number of rotatable bonds is 3. The summed E-state index contributed by atoms with van der Waals surface area (Å²) >= 11 is 0. The van der Waals surface area contributed by atoms with E-state index in [0.29, 0.717) is 12.0 Å². The van der Waals surface area contributed by atoms with Crippen LogP contribution in [0.1, 0.15) is 61.6 Å². The molecule has 3 atom stereocenters. The van der Waals surface area contributed by atoms with Gasteiger partial charge in [0.15, 0.2) is 0 Å². The van der Waals surface area contributed by atoms with Crippen molar-refractivity contribution in [2.45, 2.75) is 63.6 Å². The molecule has 0 saturated carbocycles. The summed E-state index contributed by atoms with van der Waals surface area (Å²) in [7, 11) is 4.26. The Hall–Kier alpha value is -1.00. The van der Waals surface area contributed by atoms with E-state index in [4.69, 9.17) is 4.98 Å². The van der Waals surface area contributed by atoms with Crippen molar-refractivity contribution in [3.8, 4) is 0 Å². The van der Waals surface area contributed by atoms with Gasteiger partial charge in [0.1, 0.15) is 5.82 Å². The van der Waals surface area contributed by atoms with E-state index in [0.717, 1.165) is 23.6 Å². The molecule has 3 heterocycles. The number of aromatic nitrogens is 2. The van der Waals surface area contributed by atoms with E-state index in [9.17, 15) is 0 Å². The summed E-state index contributed by atoms with van der Waals surface area (Å²) in [4.78, 5) is 12.1. The number of hydrogen-bond donors (Lipinski definition) is 1. The molecule has 4 heteroatoms. The zero-order chi connectivity index (χ0) is 14.3. The van der Waals surface area contributed by atoms with Crippen LogP contribution in [-0.4, -0.2) is 41.0 Å². The Balaban J connectivity index is 1.80. The SMILES string of the molecule is CNC(C)c1cnc(C2CC3CCC(C2)N3C)nc1C. The van der Waals surface area contributed by atoms with Crippen molar-refractivity contribution in [2.24, 2.45) is 0 Å². The van der Waals surface area contributed by atoms with E-state index in [1.807, 2.05) is 13.2 Å². The van der Waals surface area contributed by atoms with Gasteiger partial charge in [0, 0.05) is 41.5 Å². The van der Waals surface area contributed by atoms with Crippen molar-refractivity contribution in [2.75, 3.05) is 14.1 Å². The summed E-state index contributed by atoms with van der Waals surface area (Å²) in [5.41, 5.74) is 2.34. The van der Waals surface area contributed by atoms with E-state index >= 15 is 0 Å². The number of aryl methyl sites for hydroxylation is 1. The molecule has 2 aliphatic rings. The Morgan fingerprint density at radius 3 is 2.50 bits per heavy atom. The average molecular weight is 274 g/mol. The summed E-state index contributed by atoms with van der Waals surface area (Å²) in [6.07, 6.45) is 7.19. The predicted molar refractivity (Wildman–Crippen MR) is 80.8 cm³/mol. The Kier molecular flexibility index (Phi) is 3.78. The summed E-state index contributed by atoms with van der Waals surface area (Å²) < 4.78 is 0. The van der Waals surface area contributed by atoms with E-state index in [1.54, 1.807) is 0 Å². The summed E-state index contributed by atoms with van der Waals surface area (Å²) in [5.74, 6) is 1.63. The monoisotopic (exact) mass is 274 g/mol. The first-order valence-electron chi connectivity index (χ1n) is 7.82. The largest absolute Gasteiger partial charge is 0.313 e. The van der Waals surface area contributed by atoms with Crippen molar-refractivity contribution in [1.82, 2.24) is 20.2 Å². The molecule has 1 N–H and O–H groups in total. The highest BCUT2D eigenvalue weighted by molar-refractivity contribution is 5.21. The van der Waals surface area contributed by atoms with Crippen LogP contribution in [-0.2, 0) is 0 Å². The lowest BCUT2D eigenvalue weighted by molar-refractivity contribution is 0.158. The topological polar surface area (TPSA) is 41.1 Å². The molecule has 3 rings (SSSR count). The molecule has 20 heavy (non-hydrogen) atoms. The second kappa shape index (κ2) is 5.41. The third-order valence-corrected chi connectivity index (χ3v) is 5.40. The Morgan fingerprint density at radius 1 is 1.30 bits per heavy atom. The Labute approximate surface area is 122 Å². The van der Waals surface area contributed by atoms with Crippen molar-refractivity contribution < 1.29 is 0 Å². The van der Waals surface area contributed by atoms with Gasteiger partial charge in [-0.15, -0.1) is 0 Å². The lowest BCUT2D eigenvalue weighted by atomic mass is 9.90. The summed E-state index contributed by atoms with van der Waals surface area (Å²) in [5, 5.41) is 3.26. The van der Waals surface area contributed by atoms with Crippen LogP contribution < -0.4 is 5.32 Å². The molecule has 4 nitrogen and oxygen atoms in total. The molecule has 2 saturated heterocycles. The molecule has 110 valence electrons. The van der Waals surface area contributed by atoms with Crippen LogP contribution >= 0.6 is 0 Å². The smallest absolute Gasteiger partial charge is 0.131 e. The quantitative estimate of drug-likeness (QED) is 0.919. The van der Waals surface area contributed by atoms with Gasteiger partial charge in [-0.3, -0.25) is 0 Å². The Bertz CT molecular complexity index is 473. The minimum absolute atomic E-state index is 0.317. The summed E-state index contributed by atoms with van der Waals surface area (Å²) in [6.45, 7) is 4.26. The normalized spacial score (nSPS) is 31.5.